The third kappa shape index (κ3) is 2.22. The standard InChI is InChI=1S/C16H19NO3/c1-10(2)11-5-6-13-12(9-11)7-8-17(14(13)18)16(3,4)15(19)20/h5-10H,1-4H3,(H,19,20). The van der Waals surface area contributed by atoms with Gasteiger partial charge in [0.2, 0.25) is 0 Å². The largest absolute Gasteiger partial charge is 0.480 e. The number of carboxylic acid groups (broad SMARTS) is 1. The number of aromatic nitrogens is 1. The van der Waals surface area contributed by atoms with Gasteiger partial charge in [0.1, 0.15) is 5.54 Å². The number of benzene rings is 1. The highest BCUT2D eigenvalue weighted by Crippen LogP contribution is 2.21. The van der Waals surface area contributed by atoms with Crippen molar-refractivity contribution in [1.82, 2.24) is 4.57 Å². The highest BCUT2D eigenvalue weighted by molar-refractivity contribution is 5.83. The molecule has 1 aromatic carbocycles. The van der Waals surface area contributed by atoms with E-state index in [1.807, 2.05) is 12.1 Å². The Hall–Kier alpha value is -2.10. The second kappa shape index (κ2) is 4.78. The fraction of sp³-hybridized carbons (Fsp3) is 0.375. The Labute approximate surface area is 117 Å². The van der Waals surface area contributed by atoms with Crippen LogP contribution < -0.4 is 5.56 Å². The molecule has 1 N–H and O–H groups in total. The molecule has 0 radical (unpaired) electrons. The van der Waals surface area contributed by atoms with Crippen molar-refractivity contribution in [3.05, 3.63) is 46.4 Å². The van der Waals surface area contributed by atoms with Crippen LogP contribution in [0.25, 0.3) is 10.8 Å². The first-order chi connectivity index (χ1) is 9.25. The van der Waals surface area contributed by atoms with Gasteiger partial charge in [-0.3, -0.25) is 9.36 Å². The minimum Gasteiger partial charge on any atom is -0.480 e. The minimum absolute atomic E-state index is 0.273. The number of pyridine rings is 1. The van der Waals surface area contributed by atoms with Crippen LogP contribution in [0.5, 0.6) is 0 Å². The summed E-state index contributed by atoms with van der Waals surface area (Å²) in [6, 6.07) is 7.49. The first-order valence-corrected chi connectivity index (χ1v) is 6.64. The zero-order valence-corrected chi connectivity index (χ0v) is 12.2. The molecule has 0 amide bonds. The van der Waals surface area contributed by atoms with Crippen molar-refractivity contribution >= 4 is 16.7 Å². The topological polar surface area (TPSA) is 59.3 Å². The quantitative estimate of drug-likeness (QED) is 0.935. The number of aliphatic carboxylic acids is 1. The van der Waals surface area contributed by atoms with Crippen molar-refractivity contribution in [2.24, 2.45) is 0 Å². The smallest absolute Gasteiger partial charge is 0.329 e. The first kappa shape index (κ1) is 14.3. The molecule has 4 heteroatoms. The normalized spacial score (nSPS) is 12.1. The number of rotatable bonds is 3. The molecule has 0 fully saturated rings. The monoisotopic (exact) mass is 273 g/mol. The predicted octanol–water partition coefficient (Wildman–Crippen LogP) is 2.94. The highest BCUT2D eigenvalue weighted by atomic mass is 16.4. The fourth-order valence-electron chi connectivity index (χ4n) is 2.17. The molecule has 0 saturated heterocycles. The van der Waals surface area contributed by atoms with Gasteiger partial charge in [-0.1, -0.05) is 26.0 Å². The molecule has 20 heavy (non-hydrogen) atoms. The minimum atomic E-state index is -1.26. The van der Waals surface area contributed by atoms with Crippen LogP contribution in [0.15, 0.2) is 35.3 Å². The van der Waals surface area contributed by atoms with Crippen molar-refractivity contribution in [3.63, 3.8) is 0 Å². The molecule has 106 valence electrons. The summed E-state index contributed by atoms with van der Waals surface area (Å²) in [6.07, 6.45) is 1.56. The van der Waals surface area contributed by atoms with Crippen LogP contribution in [-0.2, 0) is 10.3 Å². The molecule has 0 saturated carbocycles. The number of nitrogens with zero attached hydrogens (tertiary/aromatic N) is 1. The SMILES string of the molecule is CC(C)c1ccc2c(=O)n(C(C)(C)C(=O)O)ccc2c1. The van der Waals surface area contributed by atoms with Crippen molar-refractivity contribution in [1.29, 1.82) is 0 Å². The third-order valence-electron chi connectivity index (χ3n) is 3.72. The summed E-state index contributed by atoms with van der Waals surface area (Å²) >= 11 is 0. The lowest BCUT2D eigenvalue weighted by molar-refractivity contribution is -0.145. The molecule has 0 aliphatic rings. The molecular formula is C16H19NO3. The van der Waals surface area contributed by atoms with Gasteiger partial charge >= 0.3 is 5.97 Å². The summed E-state index contributed by atoms with van der Waals surface area (Å²) in [7, 11) is 0. The van der Waals surface area contributed by atoms with Crippen LogP contribution in [0, 0.1) is 0 Å². The van der Waals surface area contributed by atoms with E-state index in [-0.39, 0.29) is 5.56 Å². The van der Waals surface area contributed by atoms with Crippen LogP contribution in [-0.4, -0.2) is 15.6 Å². The van der Waals surface area contributed by atoms with Crippen LogP contribution >= 0.6 is 0 Å². The zero-order chi connectivity index (χ0) is 15.1. The summed E-state index contributed by atoms with van der Waals surface area (Å²) in [6.45, 7) is 7.22. The summed E-state index contributed by atoms with van der Waals surface area (Å²) in [5, 5.41) is 10.6. The van der Waals surface area contributed by atoms with E-state index >= 15 is 0 Å². The maximum absolute atomic E-state index is 12.5. The molecular weight excluding hydrogens is 254 g/mol. The summed E-state index contributed by atoms with van der Waals surface area (Å²) in [5.41, 5.74) is -0.375. The maximum Gasteiger partial charge on any atom is 0.329 e. The first-order valence-electron chi connectivity index (χ1n) is 6.64. The van der Waals surface area contributed by atoms with E-state index in [0.29, 0.717) is 11.3 Å². The van der Waals surface area contributed by atoms with E-state index in [2.05, 4.69) is 13.8 Å². The molecule has 0 aliphatic heterocycles. The van der Waals surface area contributed by atoms with Crippen LogP contribution in [0.1, 0.15) is 39.2 Å². The molecule has 2 rings (SSSR count). The number of fused-ring (bicyclic) bond motifs is 1. The van der Waals surface area contributed by atoms with Crippen LogP contribution in [0.2, 0.25) is 0 Å². The molecule has 4 nitrogen and oxygen atoms in total. The van der Waals surface area contributed by atoms with E-state index in [0.717, 1.165) is 10.9 Å². The van der Waals surface area contributed by atoms with Gasteiger partial charge in [0, 0.05) is 11.6 Å². The van der Waals surface area contributed by atoms with Gasteiger partial charge in [-0.2, -0.15) is 0 Å². The van der Waals surface area contributed by atoms with Gasteiger partial charge in [0.25, 0.3) is 5.56 Å². The maximum atomic E-state index is 12.5. The van der Waals surface area contributed by atoms with Gasteiger partial charge in [-0.05, 0) is 42.8 Å². The molecule has 0 atom stereocenters. The number of carboxylic acids is 1. The fourth-order valence-corrected chi connectivity index (χ4v) is 2.17. The average molecular weight is 273 g/mol. The lowest BCUT2D eigenvalue weighted by Crippen LogP contribution is -2.42. The Balaban J connectivity index is 2.70. The van der Waals surface area contributed by atoms with Crippen molar-refractivity contribution < 1.29 is 9.90 Å². The molecule has 1 aromatic heterocycles. The number of hydrogen-bond donors (Lipinski definition) is 1. The Bertz CT molecular complexity index is 726. The zero-order valence-electron chi connectivity index (χ0n) is 12.2. The number of hydrogen-bond acceptors (Lipinski definition) is 2. The highest BCUT2D eigenvalue weighted by Gasteiger charge is 2.30. The second-order valence-corrected chi connectivity index (χ2v) is 5.86. The van der Waals surface area contributed by atoms with E-state index in [1.165, 1.54) is 18.4 Å². The molecule has 0 spiro atoms. The molecule has 1 heterocycles. The lowest BCUT2D eigenvalue weighted by Gasteiger charge is -2.23. The Morgan fingerprint density at radius 1 is 1.25 bits per heavy atom. The molecule has 2 aromatic rings. The Morgan fingerprint density at radius 3 is 2.45 bits per heavy atom. The summed E-state index contributed by atoms with van der Waals surface area (Å²) < 4.78 is 1.27. The Morgan fingerprint density at radius 2 is 1.90 bits per heavy atom. The second-order valence-electron chi connectivity index (χ2n) is 5.86. The average Bonchev–Trinajstić information content (AvgIpc) is 2.38. The summed E-state index contributed by atoms with van der Waals surface area (Å²) in [4.78, 5) is 23.8. The van der Waals surface area contributed by atoms with Gasteiger partial charge in [-0.15, -0.1) is 0 Å². The predicted molar refractivity (Wildman–Crippen MR) is 79.3 cm³/mol. The van der Waals surface area contributed by atoms with E-state index < -0.39 is 11.5 Å². The third-order valence-corrected chi connectivity index (χ3v) is 3.72. The Kier molecular flexibility index (Phi) is 3.42. The molecule has 0 aliphatic carbocycles. The van der Waals surface area contributed by atoms with Crippen molar-refractivity contribution in [2.45, 2.75) is 39.2 Å². The van der Waals surface area contributed by atoms with Crippen LogP contribution in [0.4, 0.5) is 0 Å². The molecule has 0 bridgehead atoms. The van der Waals surface area contributed by atoms with Crippen molar-refractivity contribution in [3.8, 4) is 0 Å². The van der Waals surface area contributed by atoms with E-state index in [1.54, 1.807) is 18.3 Å². The van der Waals surface area contributed by atoms with E-state index in [4.69, 9.17) is 0 Å². The van der Waals surface area contributed by atoms with Gasteiger partial charge in [0.05, 0.1) is 0 Å². The lowest BCUT2D eigenvalue weighted by atomic mass is 9.99. The summed E-state index contributed by atoms with van der Waals surface area (Å²) in [5.74, 6) is -0.643. The number of carbonyl (C=O) groups is 1. The van der Waals surface area contributed by atoms with Crippen LogP contribution in [0.3, 0.4) is 0 Å². The van der Waals surface area contributed by atoms with Gasteiger partial charge in [-0.25, -0.2) is 4.79 Å². The van der Waals surface area contributed by atoms with Gasteiger partial charge < -0.3 is 5.11 Å². The van der Waals surface area contributed by atoms with E-state index in [9.17, 15) is 14.7 Å². The molecule has 0 unspecified atom stereocenters. The van der Waals surface area contributed by atoms with Gasteiger partial charge in [0.15, 0.2) is 0 Å². The van der Waals surface area contributed by atoms with Crippen molar-refractivity contribution in [2.75, 3.05) is 0 Å².